The van der Waals surface area contributed by atoms with E-state index < -0.39 is 0 Å². The van der Waals surface area contributed by atoms with E-state index in [0.717, 1.165) is 48.8 Å². The second-order valence-electron chi connectivity index (χ2n) is 6.62. The minimum atomic E-state index is -0.327. The van der Waals surface area contributed by atoms with Gasteiger partial charge >= 0.3 is 0 Å². The second-order valence-corrected chi connectivity index (χ2v) is 7.06. The number of carbonyl (C=O) groups excluding carboxylic acids is 1. The molecule has 0 atom stereocenters. The molecule has 5 heteroatoms. The Labute approximate surface area is 146 Å². The van der Waals surface area contributed by atoms with Crippen LogP contribution >= 0.6 is 11.6 Å². The van der Waals surface area contributed by atoms with E-state index in [1.807, 2.05) is 24.3 Å². The zero-order valence-electron chi connectivity index (χ0n) is 13.4. The van der Waals surface area contributed by atoms with Gasteiger partial charge in [-0.1, -0.05) is 36.6 Å². The van der Waals surface area contributed by atoms with Gasteiger partial charge in [-0.2, -0.15) is 0 Å². The molecule has 1 amide bonds. The van der Waals surface area contributed by atoms with Crippen LogP contribution in [0.25, 0.3) is 0 Å². The standard InChI is InChI=1S/C19H20ClNO3/c20-15-5-3-14(4-6-15)19(8-1-2-9-19)21-18(22)17-16-7-10-23-11-13(16)12-24-17/h3-6,12H,1-2,7-11H2,(H,21,22). The summed E-state index contributed by atoms with van der Waals surface area (Å²) in [5, 5.41) is 3.97. The van der Waals surface area contributed by atoms with Crippen LogP contribution in [0.15, 0.2) is 34.9 Å². The Kier molecular flexibility index (Phi) is 4.10. The van der Waals surface area contributed by atoms with Gasteiger partial charge in [0.05, 0.1) is 25.0 Å². The average molecular weight is 346 g/mol. The van der Waals surface area contributed by atoms with Crippen molar-refractivity contribution in [1.82, 2.24) is 5.32 Å². The van der Waals surface area contributed by atoms with Crippen LogP contribution in [0.1, 0.15) is 52.9 Å². The Balaban J connectivity index is 1.62. The molecule has 1 aliphatic carbocycles. The van der Waals surface area contributed by atoms with Crippen molar-refractivity contribution in [2.75, 3.05) is 6.61 Å². The van der Waals surface area contributed by atoms with Gasteiger partial charge in [-0.05, 0) is 30.5 Å². The summed E-state index contributed by atoms with van der Waals surface area (Å²) in [6.45, 7) is 1.16. The van der Waals surface area contributed by atoms with Gasteiger partial charge in [-0.3, -0.25) is 4.79 Å². The number of rotatable bonds is 3. The van der Waals surface area contributed by atoms with Crippen LogP contribution in [-0.4, -0.2) is 12.5 Å². The van der Waals surface area contributed by atoms with Gasteiger partial charge in [0, 0.05) is 22.6 Å². The van der Waals surface area contributed by atoms with E-state index in [4.69, 9.17) is 20.8 Å². The fourth-order valence-electron chi connectivity index (χ4n) is 3.87. The first-order valence-electron chi connectivity index (χ1n) is 8.43. The minimum absolute atomic E-state index is 0.130. The molecule has 24 heavy (non-hydrogen) atoms. The first-order valence-corrected chi connectivity index (χ1v) is 8.81. The van der Waals surface area contributed by atoms with Crippen molar-refractivity contribution in [2.45, 2.75) is 44.2 Å². The fourth-order valence-corrected chi connectivity index (χ4v) is 3.99. The number of fused-ring (bicyclic) bond motifs is 1. The second kappa shape index (κ2) is 6.26. The van der Waals surface area contributed by atoms with Gasteiger partial charge in [0.2, 0.25) is 0 Å². The van der Waals surface area contributed by atoms with Crippen molar-refractivity contribution in [3.05, 3.63) is 58.0 Å². The number of nitrogens with one attached hydrogen (secondary N) is 1. The lowest BCUT2D eigenvalue weighted by Gasteiger charge is -2.31. The molecule has 1 aromatic carbocycles. The first kappa shape index (κ1) is 15.7. The first-order chi connectivity index (χ1) is 11.7. The van der Waals surface area contributed by atoms with E-state index in [0.29, 0.717) is 24.0 Å². The van der Waals surface area contributed by atoms with E-state index in [-0.39, 0.29) is 11.4 Å². The molecule has 2 heterocycles. The highest BCUT2D eigenvalue weighted by Crippen LogP contribution is 2.39. The van der Waals surface area contributed by atoms with Gasteiger partial charge < -0.3 is 14.5 Å². The van der Waals surface area contributed by atoms with Gasteiger partial charge in [0.15, 0.2) is 5.76 Å². The highest BCUT2D eigenvalue weighted by Gasteiger charge is 2.38. The van der Waals surface area contributed by atoms with Crippen molar-refractivity contribution in [3.8, 4) is 0 Å². The quantitative estimate of drug-likeness (QED) is 0.906. The molecule has 0 saturated heterocycles. The predicted molar refractivity (Wildman–Crippen MR) is 91.1 cm³/mol. The molecule has 1 aliphatic heterocycles. The molecule has 0 unspecified atom stereocenters. The van der Waals surface area contributed by atoms with Crippen LogP contribution in [0.3, 0.4) is 0 Å². The maximum Gasteiger partial charge on any atom is 0.287 e. The Morgan fingerprint density at radius 3 is 2.67 bits per heavy atom. The molecule has 4 rings (SSSR count). The smallest absolute Gasteiger partial charge is 0.287 e. The highest BCUT2D eigenvalue weighted by atomic mass is 35.5. The SMILES string of the molecule is O=C(NC1(c2ccc(Cl)cc2)CCCC1)c1occ2c1CCOC2. The number of hydrogen-bond donors (Lipinski definition) is 1. The fraction of sp³-hybridized carbons (Fsp3) is 0.421. The molecule has 1 N–H and O–H groups in total. The molecular formula is C19H20ClNO3. The molecule has 2 aliphatic rings. The third kappa shape index (κ3) is 2.74. The number of hydrogen-bond acceptors (Lipinski definition) is 3. The lowest BCUT2D eigenvalue weighted by molar-refractivity contribution is 0.0864. The molecule has 1 fully saturated rings. The highest BCUT2D eigenvalue weighted by molar-refractivity contribution is 6.30. The third-order valence-electron chi connectivity index (χ3n) is 5.15. The summed E-state index contributed by atoms with van der Waals surface area (Å²) in [4.78, 5) is 12.9. The number of ether oxygens (including phenoxy) is 1. The maximum absolute atomic E-state index is 12.9. The predicted octanol–water partition coefficient (Wildman–Crippen LogP) is 4.21. The van der Waals surface area contributed by atoms with E-state index in [2.05, 4.69) is 5.32 Å². The Hall–Kier alpha value is -1.78. The van der Waals surface area contributed by atoms with Gasteiger partial charge in [-0.25, -0.2) is 0 Å². The Morgan fingerprint density at radius 2 is 1.92 bits per heavy atom. The summed E-state index contributed by atoms with van der Waals surface area (Å²) in [5.74, 6) is 0.309. The normalized spacial score (nSPS) is 19.0. The van der Waals surface area contributed by atoms with Crippen LogP contribution in [0, 0.1) is 0 Å². The topological polar surface area (TPSA) is 51.5 Å². The van der Waals surface area contributed by atoms with Crippen molar-refractivity contribution >= 4 is 17.5 Å². The number of amides is 1. The van der Waals surface area contributed by atoms with Crippen LogP contribution in [0.4, 0.5) is 0 Å². The summed E-state index contributed by atoms with van der Waals surface area (Å²) in [6, 6.07) is 7.79. The van der Waals surface area contributed by atoms with E-state index in [1.54, 1.807) is 6.26 Å². The molecule has 4 nitrogen and oxygen atoms in total. The zero-order valence-corrected chi connectivity index (χ0v) is 14.2. The molecule has 0 radical (unpaired) electrons. The van der Waals surface area contributed by atoms with Crippen molar-refractivity contribution in [3.63, 3.8) is 0 Å². The van der Waals surface area contributed by atoms with Crippen LogP contribution in [0.2, 0.25) is 5.02 Å². The molecule has 2 aromatic rings. The van der Waals surface area contributed by atoms with E-state index >= 15 is 0 Å². The summed E-state index contributed by atoms with van der Waals surface area (Å²) in [7, 11) is 0. The third-order valence-corrected chi connectivity index (χ3v) is 5.40. The maximum atomic E-state index is 12.9. The Bertz CT molecular complexity index is 744. The van der Waals surface area contributed by atoms with Crippen LogP contribution in [0.5, 0.6) is 0 Å². The minimum Gasteiger partial charge on any atom is -0.459 e. The molecular weight excluding hydrogens is 326 g/mol. The zero-order chi connectivity index (χ0) is 16.6. The summed E-state index contributed by atoms with van der Waals surface area (Å²) >= 11 is 6.02. The van der Waals surface area contributed by atoms with E-state index in [1.165, 1.54) is 0 Å². The van der Waals surface area contributed by atoms with Crippen molar-refractivity contribution < 1.29 is 13.9 Å². The number of halogens is 1. The lowest BCUT2D eigenvalue weighted by atomic mass is 9.88. The number of furan rings is 1. The molecule has 0 bridgehead atoms. The van der Waals surface area contributed by atoms with Crippen LogP contribution < -0.4 is 5.32 Å². The average Bonchev–Trinajstić information content (AvgIpc) is 3.23. The molecule has 1 aromatic heterocycles. The van der Waals surface area contributed by atoms with Gasteiger partial charge in [0.25, 0.3) is 5.91 Å². The number of benzene rings is 1. The van der Waals surface area contributed by atoms with E-state index in [9.17, 15) is 4.79 Å². The number of carbonyl (C=O) groups is 1. The Morgan fingerprint density at radius 1 is 1.17 bits per heavy atom. The molecule has 1 saturated carbocycles. The van der Waals surface area contributed by atoms with Crippen molar-refractivity contribution in [2.24, 2.45) is 0 Å². The lowest BCUT2D eigenvalue weighted by Crippen LogP contribution is -2.44. The van der Waals surface area contributed by atoms with Gasteiger partial charge in [0.1, 0.15) is 0 Å². The summed E-state index contributed by atoms with van der Waals surface area (Å²) in [6.07, 6.45) is 6.45. The summed E-state index contributed by atoms with van der Waals surface area (Å²) in [5.41, 5.74) is 2.76. The largest absolute Gasteiger partial charge is 0.459 e. The monoisotopic (exact) mass is 345 g/mol. The molecule has 0 spiro atoms. The van der Waals surface area contributed by atoms with Crippen molar-refractivity contribution in [1.29, 1.82) is 0 Å². The van der Waals surface area contributed by atoms with Crippen LogP contribution in [-0.2, 0) is 23.3 Å². The summed E-state index contributed by atoms with van der Waals surface area (Å²) < 4.78 is 11.0. The van der Waals surface area contributed by atoms with Gasteiger partial charge in [-0.15, -0.1) is 0 Å². The molecule has 126 valence electrons.